The Hall–Kier alpha value is -0.810. The Kier molecular flexibility index (Phi) is 6.26. The molecule has 0 aromatic carbocycles. The van der Waals surface area contributed by atoms with E-state index >= 15 is 0 Å². The van der Waals surface area contributed by atoms with E-state index in [0.29, 0.717) is 13.2 Å². The van der Waals surface area contributed by atoms with E-state index in [1.165, 1.54) is 7.05 Å². The summed E-state index contributed by atoms with van der Waals surface area (Å²) in [5.74, 6) is 0. The lowest BCUT2D eigenvalue weighted by atomic mass is 10.5. The molecule has 13 heavy (non-hydrogen) atoms. The number of hydrogen-bond donors (Lipinski definition) is 1. The lowest BCUT2D eigenvalue weighted by Crippen LogP contribution is -2.36. The highest BCUT2D eigenvalue weighted by molar-refractivity contribution is 5.64. The van der Waals surface area contributed by atoms with E-state index in [4.69, 9.17) is 14.6 Å². The summed E-state index contributed by atoms with van der Waals surface area (Å²) in [4.78, 5) is 11.6. The van der Waals surface area contributed by atoms with Gasteiger partial charge in [-0.3, -0.25) is 0 Å². The molecule has 0 saturated heterocycles. The molecular formula is C8H17NO4. The summed E-state index contributed by atoms with van der Waals surface area (Å²) in [7, 11) is 1.48. The normalized spacial score (nSPS) is 10.5. The summed E-state index contributed by atoms with van der Waals surface area (Å²) in [6, 6.07) is 0. The van der Waals surface area contributed by atoms with Gasteiger partial charge in [0, 0.05) is 20.3 Å². The summed E-state index contributed by atoms with van der Waals surface area (Å²) >= 11 is 0. The first-order valence-corrected chi connectivity index (χ1v) is 4.29. The molecule has 1 N–H and O–H groups in total. The Morgan fingerprint density at radius 3 is 2.15 bits per heavy atom. The third-order valence-corrected chi connectivity index (χ3v) is 1.45. The molecule has 0 aliphatic heterocycles. The molecule has 0 atom stereocenters. The molecule has 0 aromatic heterocycles. The molecule has 0 aliphatic rings. The predicted molar refractivity (Wildman–Crippen MR) is 47.7 cm³/mol. The molecule has 0 bridgehead atoms. The smallest absolute Gasteiger partial charge is 0.407 e. The predicted octanol–water partition coefficient (Wildman–Crippen LogP) is 0.995. The van der Waals surface area contributed by atoms with Crippen molar-refractivity contribution in [3.63, 3.8) is 0 Å². The molecule has 0 aliphatic carbocycles. The summed E-state index contributed by atoms with van der Waals surface area (Å²) in [5.41, 5.74) is 0. The SMILES string of the molecule is CCOC(CN(C)C(=O)O)OCC. The fraction of sp³-hybridized carbons (Fsp3) is 0.875. The third-order valence-electron chi connectivity index (χ3n) is 1.45. The van der Waals surface area contributed by atoms with Crippen LogP contribution in [-0.4, -0.2) is 49.2 Å². The van der Waals surface area contributed by atoms with Gasteiger partial charge in [0.1, 0.15) is 0 Å². The van der Waals surface area contributed by atoms with Crippen molar-refractivity contribution in [2.24, 2.45) is 0 Å². The van der Waals surface area contributed by atoms with Crippen LogP contribution in [0.5, 0.6) is 0 Å². The molecule has 0 rings (SSSR count). The zero-order valence-electron chi connectivity index (χ0n) is 8.32. The highest BCUT2D eigenvalue weighted by Crippen LogP contribution is 1.98. The number of carbonyl (C=O) groups is 1. The van der Waals surface area contributed by atoms with Crippen molar-refractivity contribution in [1.29, 1.82) is 0 Å². The topological polar surface area (TPSA) is 59.0 Å². The van der Waals surface area contributed by atoms with Crippen molar-refractivity contribution in [2.75, 3.05) is 26.8 Å². The van der Waals surface area contributed by atoms with Gasteiger partial charge in [0.25, 0.3) is 0 Å². The first-order valence-electron chi connectivity index (χ1n) is 4.29. The van der Waals surface area contributed by atoms with E-state index in [0.717, 1.165) is 4.90 Å². The fourth-order valence-electron chi connectivity index (χ4n) is 0.827. The van der Waals surface area contributed by atoms with Gasteiger partial charge >= 0.3 is 6.09 Å². The number of carboxylic acid groups (broad SMARTS) is 1. The van der Waals surface area contributed by atoms with Gasteiger partial charge in [-0.25, -0.2) is 4.79 Å². The minimum Gasteiger partial charge on any atom is -0.465 e. The van der Waals surface area contributed by atoms with E-state index < -0.39 is 12.4 Å². The zero-order chi connectivity index (χ0) is 10.3. The second-order valence-corrected chi connectivity index (χ2v) is 2.50. The van der Waals surface area contributed by atoms with Crippen LogP contribution in [-0.2, 0) is 9.47 Å². The van der Waals surface area contributed by atoms with Gasteiger partial charge in [0.15, 0.2) is 6.29 Å². The Bertz CT molecular complexity index is 145. The Morgan fingerprint density at radius 2 is 1.85 bits per heavy atom. The van der Waals surface area contributed by atoms with Crippen LogP contribution in [0, 0.1) is 0 Å². The van der Waals surface area contributed by atoms with Crippen molar-refractivity contribution in [2.45, 2.75) is 20.1 Å². The fourth-order valence-corrected chi connectivity index (χ4v) is 0.827. The van der Waals surface area contributed by atoms with Gasteiger partial charge in [0.2, 0.25) is 0 Å². The summed E-state index contributed by atoms with van der Waals surface area (Å²) in [6.07, 6.45) is -1.44. The summed E-state index contributed by atoms with van der Waals surface area (Å²) in [5, 5.41) is 8.58. The Labute approximate surface area is 78.2 Å². The van der Waals surface area contributed by atoms with Crippen LogP contribution in [0.25, 0.3) is 0 Å². The minimum atomic E-state index is -0.982. The number of likely N-dealkylation sites (N-methyl/N-ethyl adjacent to an activating group) is 1. The first kappa shape index (κ1) is 12.2. The maximum Gasteiger partial charge on any atom is 0.407 e. The van der Waals surface area contributed by atoms with Crippen LogP contribution >= 0.6 is 0 Å². The number of hydrogen-bond acceptors (Lipinski definition) is 3. The van der Waals surface area contributed by atoms with Crippen LogP contribution in [0.1, 0.15) is 13.8 Å². The first-order chi connectivity index (χ1) is 6.11. The largest absolute Gasteiger partial charge is 0.465 e. The van der Waals surface area contributed by atoms with Crippen LogP contribution in [0.3, 0.4) is 0 Å². The van der Waals surface area contributed by atoms with E-state index in [2.05, 4.69) is 0 Å². The average Bonchev–Trinajstić information content (AvgIpc) is 2.05. The van der Waals surface area contributed by atoms with Gasteiger partial charge in [-0.2, -0.15) is 0 Å². The monoisotopic (exact) mass is 191 g/mol. The maximum atomic E-state index is 10.5. The molecule has 0 unspecified atom stereocenters. The van der Waals surface area contributed by atoms with E-state index in [1.54, 1.807) is 0 Å². The highest BCUT2D eigenvalue weighted by Gasteiger charge is 2.14. The molecule has 0 fully saturated rings. The lowest BCUT2D eigenvalue weighted by Gasteiger charge is -2.21. The minimum absolute atomic E-state index is 0.233. The molecule has 0 radical (unpaired) electrons. The van der Waals surface area contributed by atoms with Crippen molar-refractivity contribution < 1.29 is 19.4 Å². The number of rotatable bonds is 6. The highest BCUT2D eigenvalue weighted by atomic mass is 16.7. The molecule has 0 saturated carbocycles. The van der Waals surface area contributed by atoms with Gasteiger partial charge < -0.3 is 19.5 Å². The number of nitrogens with zero attached hydrogens (tertiary/aromatic N) is 1. The third kappa shape index (κ3) is 5.43. The van der Waals surface area contributed by atoms with Gasteiger partial charge in [-0.05, 0) is 13.8 Å². The second kappa shape index (κ2) is 6.68. The Morgan fingerprint density at radius 1 is 1.38 bits per heavy atom. The van der Waals surface area contributed by atoms with E-state index in [1.807, 2.05) is 13.8 Å². The lowest BCUT2D eigenvalue weighted by molar-refractivity contribution is -0.142. The molecule has 0 spiro atoms. The molecule has 1 amide bonds. The van der Waals surface area contributed by atoms with E-state index in [9.17, 15) is 4.79 Å². The van der Waals surface area contributed by atoms with Crippen LogP contribution in [0.2, 0.25) is 0 Å². The standard InChI is InChI=1S/C8H17NO4/c1-4-12-7(13-5-2)6-9(3)8(10)11/h7H,4-6H2,1-3H3,(H,10,11). The van der Waals surface area contributed by atoms with Crippen molar-refractivity contribution in [3.8, 4) is 0 Å². The number of ether oxygens (including phenoxy) is 2. The zero-order valence-corrected chi connectivity index (χ0v) is 8.32. The van der Waals surface area contributed by atoms with Gasteiger partial charge in [0.05, 0.1) is 6.54 Å². The quantitative estimate of drug-likeness (QED) is 0.636. The van der Waals surface area contributed by atoms with Gasteiger partial charge in [-0.1, -0.05) is 0 Å². The van der Waals surface area contributed by atoms with E-state index in [-0.39, 0.29) is 6.54 Å². The molecule has 0 aromatic rings. The van der Waals surface area contributed by atoms with Gasteiger partial charge in [-0.15, -0.1) is 0 Å². The molecule has 0 heterocycles. The molecule has 5 heteroatoms. The van der Waals surface area contributed by atoms with Crippen LogP contribution in [0.4, 0.5) is 4.79 Å². The second-order valence-electron chi connectivity index (χ2n) is 2.50. The number of amides is 1. The molecule has 5 nitrogen and oxygen atoms in total. The van der Waals surface area contributed by atoms with Crippen LogP contribution < -0.4 is 0 Å². The Balaban J connectivity index is 3.85. The molecular weight excluding hydrogens is 174 g/mol. The van der Waals surface area contributed by atoms with Crippen LogP contribution in [0.15, 0.2) is 0 Å². The average molecular weight is 191 g/mol. The summed E-state index contributed by atoms with van der Waals surface area (Å²) < 4.78 is 10.4. The van der Waals surface area contributed by atoms with Crippen molar-refractivity contribution in [3.05, 3.63) is 0 Å². The summed E-state index contributed by atoms with van der Waals surface area (Å²) in [6.45, 7) is 4.94. The van der Waals surface area contributed by atoms with Crippen molar-refractivity contribution >= 4 is 6.09 Å². The maximum absolute atomic E-state index is 10.5. The van der Waals surface area contributed by atoms with Crippen molar-refractivity contribution in [1.82, 2.24) is 4.90 Å². The molecule has 78 valence electrons.